The van der Waals surface area contributed by atoms with Crippen LogP contribution in [0, 0.1) is 0 Å². The molecule has 0 saturated carbocycles. The van der Waals surface area contributed by atoms with Crippen molar-refractivity contribution in [3.05, 3.63) is 58.9 Å². The normalized spacial score (nSPS) is 19.0. The van der Waals surface area contributed by atoms with E-state index in [1.807, 2.05) is 11.8 Å². The van der Waals surface area contributed by atoms with Gasteiger partial charge in [-0.25, -0.2) is 0 Å². The summed E-state index contributed by atoms with van der Waals surface area (Å²) in [4.78, 5) is 28.1. The molecule has 1 unspecified atom stereocenters. The van der Waals surface area contributed by atoms with E-state index < -0.39 is 0 Å². The summed E-state index contributed by atoms with van der Waals surface area (Å²) in [5.41, 5.74) is 4.23. The van der Waals surface area contributed by atoms with Gasteiger partial charge in [-0.05, 0) is 58.0 Å². The first kappa shape index (κ1) is 28.7. The molecule has 4 heterocycles. The van der Waals surface area contributed by atoms with Crippen molar-refractivity contribution in [1.29, 1.82) is 0 Å². The van der Waals surface area contributed by atoms with Crippen LogP contribution in [0.5, 0.6) is 0 Å². The maximum atomic E-state index is 12.7. The minimum absolute atomic E-state index is 0.0728. The first-order valence-electron chi connectivity index (χ1n) is 14.7. The summed E-state index contributed by atoms with van der Waals surface area (Å²) >= 11 is 3.60. The molecular weight excluding hydrogens is 551 g/mol. The number of rotatable bonds is 6. The van der Waals surface area contributed by atoms with Gasteiger partial charge in [0.2, 0.25) is 5.56 Å². The van der Waals surface area contributed by atoms with Gasteiger partial charge in [-0.3, -0.25) is 14.6 Å². The molecule has 0 spiro atoms. The molecule has 6 rings (SSSR count). The largest absolute Gasteiger partial charge is 0.381 e. The molecule has 0 aliphatic carbocycles. The van der Waals surface area contributed by atoms with Crippen molar-refractivity contribution in [3.63, 3.8) is 0 Å². The Hall–Kier alpha value is -2.43. The Morgan fingerprint density at radius 1 is 0.927 bits per heavy atom. The number of hydrogen-bond acceptors (Lipinski definition) is 8. The number of aromatic nitrogens is 1. The van der Waals surface area contributed by atoms with Crippen molar-refractivity contribution < 1.29 is 4.74 Å². The number of H-pyrrole nitrogens is 1. The number of pyridine rings is 1. The Morgan fingerprint density at radius 2 is 1.71 bits per heavy atom. The van der Waals surface area contributed by atoms with E-state index in [0.717, 1.165) is 62.8 Å². The lowest BCUT2D eigenvalue weighted by atomic mass is 10.0. The summed E-state index contributed by atoms with van der Waals surface area (Å²) in [6.07, 6.45) is 0. The molecule has 0 amide bonds. The molecule has 9 heteroatoms. The zero-order valence-corrected chi connectivity index (χ0v) is 26.2. The van der Waals surface area contributed by atoms with E-state index >= 15 is 0 Å². The number of ether oxygens (including phenoxy) is 1. The summed E-state index contributed by atoms with van der Waals surface area (Å²) in [6.45, 7) is 17.8. The van der Waals surface area contributed by atoms with Gasteiger partial charge in [0.25, 0.3) is 0 Å². The van der Waals surface area contributed by atoms with E-state index in [-0.39, 0.29) is 11.1 Å². The lowest BCUT2D eigenvalue weighted by Gasteiger charge is -2.42. The van der Waals surface area contributed by atoms with Crippen LogP contribution in [0.15, 0.2) is 72.9 Å². The molecule has 3 aromatic rings. The molecule has 2 saturated heterocycles. The summed E-state index contributed by atoms with van der Waals surface area (Å²) in [5.74, 6) is 0. The van der Waals surface area contributed by atoms with E-state index in [4.69, 9.17) is 4.74 Å². The molecular formula is C32H41N5O2S2. The van der Waals surface area contributed by atoms with Crippen molar-refractivity contribution in [3.8, 4) is 11.3 Å². The van der Waals surface area contributed by atoms with E-state index in [0.29, 0.717) is 19.3 Å². The first-order chi connectivity index (χ1) is 19.7. The quantitative estimate of drug-likeness (QED) is 0.296. The van der Waals surface area contributed by atoms with E-state index in [9.17, 15) is 4.79 Å². The smallest absolute Gasteiger partial charge is 0.250 e. The van der Waals surface area contributed by atoms with Crippen molar-refractivity contribution in [2.75, 3.05) is 69.2 Å². The topological polar surface area (TPSA) is 63.8 Å². The Labute approximate surface area is 252 Å². The van der Waals surface area contributed by atoms with E-state index in [2.05, 4.69) is 95.2 Å². The number of benzene rings is 2. The summed E-state index contributed by atoms with van der Waals surface area (Å²) < 4.78 is 5.51. The lowest BCUT2D eigenvalue weighted by molar-refractivity contribution is 0.0613. The maximum Gasteiger partial charge on any atom is 0.250 e. The molecule has 218 valence electrons. The van der Waals surface area contributed by atoms with Gasteiger partial charge >= 0.3 is 0 Å². The third-order valence-corrected chi connectivity index (χ3v) is 10.7. The minimum atomic E-state index is -0.0728. The highest BCUT2D eigenvalue weighted by atomic mass is 32.2. The Bertz CT molecular complexity index is 1440. The number of aromatic amines is 1. The SMILES string of the molecule is CC(CN1CCN(C(C)(C)C)CC1)Nc1ccc2c(c1)Sc1cccc(-c3cc(N4CCOCC4)cc(=O)[nH]3)c1S2. The highest BCUT2D eigenvalue weighted by Crippen LogP contribution is 2.52. The number of morpholine rings is 1. The summed E-state index contributed by atoms with van der Waals surface area (Å²) in [5, 5.41) is 3.75. The molecule has 3 aliphatic heterocycles. The van der Waals surface area contributed by atoms with Crippen molar-refractivity contribution in [2.45, 2.75) is 58.9 Å². The fourth-order valence-electron chi connectivity index (χ4n) is 5.90. The second kappa shape index (κ2) is 12.1. The second-order valence-corrected chi connectivity index (χ2v) is 14.4. The number of nitrogens with zero attached hydrogens (tertiary/aromatic N) is 3. The predicted molar refractivity (Wildman–Crippen MR) is 171 cm³/mol. The third kappa shape index (κ3) is 6.65. The van der Waals surface area contributed by atoms with Crippen LogP contribution in [0.2, 0.25) is 0 Å². The van der Waals surface area contributed by atoms with E-state index in [1.54, 1.807) is 17.8 Å². The molecule has 7 nitrogen and oxygen atoms in total. The van der Waals surface area contributed by atoms with Crippen LogP contribution in [0.4, 0.5) is 11.4 Å². The number of fused-ring (bicyclic) bond motifs is 2. The average Bonchev–Trinajstić information content (AvgIpc) is 2.95. The zero-order valence-electron chi connectivity index (χ0n) is 24.5. The Balaban J connectivity index is 1.14. The fraction of sp³-hybridized carbons (Fsp3) is 0.469. The molecule has 41 heavy (non-hydrogen) atoms. The van der Waals surface area contributed by atoms with Gasteiger partial charge in [0.15, 0.2) is 0 Å². The van der Waals surface area contributed by atoms with Crippen LogP contribution in [-0.2, 0) is 4.74 Å². The van der Waals surface area contributed by atoms with Crippen molar-refractivity contribution in [1.82, 2.24) is 14.8 Å². The Kier molecular flexibility index (Phi) is 8.43. The lowest BCUT2D eigenvalue weighted by Crippen LogP contribution is -2.54. The van der Waals surface area contributed by atoms with Crippen LogP contribution in [0.1, 0.15) is 27.7 Å². The molecule has 0 radical (unpaired) electrons. The summed E-state index contributed by atoms with van der Waals surface area (Å²) in [6, 6.07) is 17.3. The van der Waals surface area contributed by atoms with Gasteiger partial charge in [-0.2, -0.15) is 0 Å². The van der Waals surface area contributed by atoms with Crippen molar-refractivity contribution in [2.24, 2.45) is 0 Å². The number of piperazine rings is 1. The molecule has 1 aromatic heterocycles. The Morgan fingerprint density at radius 3 is 2.46 bits per heavy atom. The predicted octanol–water partition coefficient (Wildman–Crippen LogP) is 5.71. The van der Waals surface area contributed by atoms with Gasteiger partial charge < -0.3 is 19.9 Å². The van der Waals surface area contributed by atoms with Crippen LogP contribution >= 0.6 is 23.5 Å². The van der Waals surface area contributed by atoms with Gasteiger partial charge in [0, 0.05) is 100.0 Å². The molecule has 2 fully saturated rings. The average molecular weight is 592 g/mol. The maximum absolute atomic E-state index is 12.7. The van der Waals surface area contributed by atoms with Gasteiger partial charge in [0.1, 0.15) is 0 Å². The molecule has 0 bridgehead atoms. The van der Waals surface area contributed by atoms with Crippen LogP contribution in [-0.4, -0.2) is 85.4 Å². The van der Waals surface area contributed by atoms with Crippen LogP contribution in [0.25, 0.3) is 11.3 Å². The first-order valence-corrected chi connectivity index (χ1v) is 16.3. The highest BCUT2D eigenvalue weighted by Gasteiger charge is 2.27. The number of nitrogens with one attached hydrogen (secondary N) is 2. The van der Waals surface area contributed by atoms with Gasteiger partial charge in [0.05, 0.1) is 18.9 Å². The highest BCUT2D eigenvalue weighted by molar-refractivity contribution is 8.05. The van der Waals surface area contributed by atoms with Crippen LogP contribution < -0.4 is 15.8 Å². The summed E-state index contributed by atoms with van der Waals surface area (Å²) in [7, 11) is 0. The number of anilines is 2. The molecule has 1 atom stereocenters. The molecule has 3 aliphatic rings. The van der Waals surface area contributed by atoms with Crippen LogP contribution in [0.3, 0.4) is 0 Å². The molecule has 2 N–H and O–H groups in total. The zero-order chi connectivity index (χ0) is 28.6. The van der Waals surface area contributed by atoms with Gasteiger partial charge in [-0.15, -0.1) is 0 Å². The van der Waals surface area contributed by atoms with Gasteiger partial charge in [-0.1, -0.05) is 35.7 Å². The van der Waals surface area contributed by atoms with Crippen molar-refractivity contribution >= 4 is 34.9 Å². The number of hydrogen-bond donors (Lipinski definition) is 2. The fourth-order valence-corrected chi connectivity index (χ4v) is 8.31. The van der Waals surface area contributed by atoms with E-state index in [1.165, 1.54) is 25.3 Å². The standard InChI is InChI=1S/C32H41N5O2S2/c1-22(21-35-10-12-37(13-11-35)32(2,3)4)33-23-8-9-27-29(18-23)40-28-7-5-6-25(31(28)41-27)26-19-24(20-30(38)34-26)36-14-16-39-17-15-36/h5-9,18-20,22,33H,10-17,21H2,1-4H3,(H,34,38). The minimum Gasteiger partial charge on any atom is -0.381 e. The third-order valence-electron chi connectivity index (χ3n) is 8.12. The monoisotopic (exact) mass is 591 g/mol. The second-order valence-electron chi connectivity index (χ2n) is 12.2. The molecule has 2 aromatic carbocycles.